The Bertz CT molecular complexity index is 812. The first-order valence-corrected chi connectivity index (χ1v) is 8.29. The number of rotatable bonds is 5. The minimum Gasteiger partial charge on any atom is -0.480 e. The maximum Gasteiger partial charge on any atom is 0.326 e. The van der Waals surface area contributed by atoms with Crippen LogP contribution in [0.2, 0.25) is 0 Å². The van der Waals surface area contributed by atoms with Gasteiger partial charge in [-0.2, -0.15) is 5.10 Å². The van der Waals surface area contributed by atoms with Gasteiger partial charge in [0.15, 0.2) is 5.69 Å². The molecule has 0 unspecified atom stereocenters. The van der Waals surface area contributed by atoms with E-state index >= 15 is 0 Å². The maximum atomic E-state index is 13.2. The predicted octanol–water partition coefficient (Wildman–Crippen LogP) is 2.34. The van der Waals surface area contributed by atoms with Crippen LogP contribution in [-0.4, -0.2) is 32.8 Å². The van der Waals surface area contributed by atoms with E-state index in [1.54, 1.807) is 30.7 Å². The summed E-state index contributed by atoms with van der Waals surface area (Å²) < 4.78 is 14.8. The van der Waals surface area contributed by atoms with Crippen LogP contribution < -0.4 is 5.32 Å². The molecule has 1 aromatic heterocycles. The highest BCUT2D eigenvalue weighted by atomic mass is 19.1. The molecule has 6 nitrogen and oxygen atoms in total. The molecule has 0 spiro atoms. The number of fused-ring (bicyclic) bond motifs is 1. The Morgan fingerprint density at radius 3 is 2.52 bits per heavy atom. The van der Waals surface area contributed by atoms with Gasteiger partial charge < -0.3 is 10.4 Å². The number of carboxylic acids is 1. The minimum atomic E-state index is -1.07. The number of hydrogen-bond donors (Lipinski definition) is 2. The first kappa shape index (κ1) is 17.1. The molecule has 0 fully saturated rings. The van der Waals surface area contributed by atoms with E-state index in [0.29, 0.717) is 5.69 Å². The van der Waals surface area contributed by atoms with Gasteiger partial charge in [-0.05, 0) is 49.4 Å². The largest absolute Gasteiger partial charge is 0.480 e. The number of carboxylic acid groups (broad SMARTS) is 1. The van der Waals surface area contributed by atoms with Crippen LogP contribution in [0.15, 0.2) is 24.3 Å². The lowest BCUT2D eigenvalue weighted by molar-refractivity contribution is -0.140. The number of amides is 1. The summed E-state index contributed by atoms with van der Waals surface area (Å²) in [4.78, 5) is 23.9. The Balaban J connectivity index is 1.95. The second-order valence-electron chi connectivity index (χ2n) is 6.55. The first-order chi connectivity index (χ1) is 11.9. The summed E-state index contributed by atoms with van der Waals surface area (Å²) in [5, 5.41) is 16.2. The van der Waals surface area contributed by atoms with Crippen LogP contribution in [0.25, 0.3) is 5.69 Å². The van der Waals surface area contributed by atoms with Gasteiger partial charge in [-0.25, -0.2) is 13.9 Å². The Hall–Kier alpha value is -2.70. The lowest BCUT2D eigenvalue weighted by Gasteiger charge is -2.17. The van der Waals surface area contributed by atoms with Gasteiger partial charge in [-0.15, -0.1) is 0 Å². The number of carbonyl (C=O) groups excluding carboxylic acids is 1. The molecule has 1 amide bonds. The zero-order valence-electron chi connectivity index (χ0n) is 14.1. The predicted molar refractivity (Wildman–Crippen MR) is 89.3 cm³/mol. The number of nitrogens with zero attached hydrogens (tertiary/aromatic N) is 2. The van der Waals surface area contributed by atoms with Crippen LogP contribution in [0, 0.1) is 11.7 Å². The smallest absolute Gasteiger partial charge is 0.326 e. The van der Waals surface area contributed by atoms with Crippen molar-refractivity contribution in [3.05, 3.63) is 47.0 Å². The van der Waals surface area contributed by atoms with E-state index in [1.807, 2.05) is 0 Å². The summed E-state index contributed by atoms with van der Waals surface area (Å²) in [7, 11) is 0. The average molecular weight is 345 g/mol. The zero-order valence-corrected chi connectivity index (χ0v) is 14.1. The number of aliphatic carboxylic acids is 1. The Kier molecular flexibility index (Phi) is 4.57. The fourth-order valence-electron chi connectivity index (χ4n) is 3.14. The van der Waals surface area contributed by atoms with Gasteiger partial charge in [0.25, 0.3) is 5.91 Å². The molecule has 1 aliphatic carbocycles. The Morgan fingerprint density at radius 1 is 1.24 bits per heavy atom. The van der Waals surface area contributed by atoms with Gasteiger partial charge >= 0.3 is 5.97 Å². The van der Waals surface area contributed by atoms with Crippen molar-refractivity contribution in [2.75, 3.05) is 0 Å². The Morgan fingerprint density at radius 2 is 1.92 bits per heavy atom. The number of benzene rings is 1. The third kappa shape index (κ3) is 3.26. The summed E-state index contributed by atoms with van der Waals surface area (Å²) in [5.41, 5.74) is 2.70. The molecule has 7 heteroatoms. The molecule has 1 aromatic carbocycles. The van der Waals surface area contributed by atoms with Crippen LogP contribution in [0.4, 0.5) is 4.39 Å². The van der Waals surface area contributed by atoms with Crippen LogP contribution in [0.3, 0.4) is 0 Å². The zero-order chi connectivity index (χ0) is 18.1. The lowest BCUT2D eigenvalue weighted by atomic mass is 10.0. The average Bonchev–Trinajstić information content (AvgIpc) is 3.15. The van der Waals surface area contributed by atoms with Crippen molar-refractivity contribution in [2.24, 2.45) is 5.92 Å². The van der Waals surface area contributed by atoms with Crippen molar-refractivity contribution in [2.45, 2.75) is 39.2 Å². The van der Waals surface area contributed by atoms with Crippen molar-refractivity contribution < 1.29 is 19.1 Å². The minimum absolute atomic E-state index is 0.242. The molecular weight excluding hydrogens is 325 g/mol. The normalized spacial score (nSPS) is 14.4. The van der Waals surface area contributed by atoms with Crippen LogP contribution in [0.5, 0.6) is 0 Å². The van der Waals surface area contributed by atoms with E-state index in [-0.39, 0.29) is 17.4 Å². The fraction of sp³-hybridized carbons (Fsp3) is 0.389. The number of aromatic nitrogens is 2. The third-order valence-corrected chi connectivity index (χ3v) is 4.44. The monoisotopic (exact) mass is 345 g/mol. The molecule has 0 bridgehead atoms. The highest BCUT2D eigenvalue weighted by Crippen LogP contribution is 2.28. The number of hydrogen-bond acceptors (Lipinski definition) is 3. The number of carbonyl (C=O) groups is 2. The van der Waals surface area contributed by atoms with Crippen molar-refractivity contribution in [1.82, 2.24) is 15.1 Å². The van der Waals surface area contributed by atoms with Gasteiger partial charge in [0, 0.05) is 11.3 Å². The highest BCUT2D eigenvalue weighted by Gasteiger charge is 2.30. The molecule has 1 aliphatic rings. The van der Waals surface area contributed by atoms with Crippen LogP contribution in [-0.2, 0) is 17.6 Å². The molecule has 3 rings (SSSR count). The number of nitrogens with one attached hydrogen (secondary N) is 1. The van der Waals surface area contributed by atoms with Gasteiger partial charge in [0.1, 0.15) is 11.9 Å². The van der Waals surface area contributed by atoms with E-state index in [9.17, 15) is 19.1 Å². The van der Waals surface area contributed by atoms with E-state index in [1.165, 1.54) is 12.1 Å². The summed E-state index contributed by atoms with van der Waals surface area (Å²) >= 11 is 0. The second kappa shape index (κ2) is 6.66. The third-order valence-electron chi connectivity index (χ3n) is 4.44. The molecule has 0 saturated carbocycles. The van der Waals surface area contributed by atoms with E-state index in [4.69, 9.17) is 0 Å². The maximum absolute atomic E-state index is 13.2. The van der Waals surface area contributed by atoms with Crippen molar-refractivity contribution >= 4 is 11.9 Å². The Labute approximate surface area is 144 Å². The molecule has 1 atom stereocenters. The van der Waals surface area contributed by atoms with E-state index in [2.05, 4.69) is 10.4 Å². The molecular formula is C18H20FN3O3. The van der Waals surface area contributed by atoms with E-state index < -0.39 is 17.9 Å². The number of halogens is 1. The molecule has 2 aromatic rings. The molecule has 2 N–H and O–H groups in total. The van der Waals surface area contributed by atoms with Crippen LogP contribution in [0.1, 0.15) is 42.0 Å². The summed E-state index contributed by atoms with van der Waals surface area (Å²) in [5.74, 6) is -2.14. The molecule has 0 aliphatic heterocycles. The molecule has 0 radical (unpaired) electrons. The summed E-state index contributed by atoms with van der Waals surface area (Å²) in [6.07, 6.45) is 2.40. The van der Waals surface area contributed by atoms with Crippen molar-refractivity contribution in [3.8, 4) is 5.69 Å². The SMILES string of the molecule is CC(C)[C@@H](NC(=O)c1nn(-c2ccc(F)cc2)c2c1CCC2)C(=O)O. The van der Waals surface area contributed by atoms with Gasteiger partial charge in [-0.3, -0.25) is 4.79 Å². The van der Waals surface area contributed by atoms with Crippen molar-refractivity contribution in [1.29, 1.82) is 0 Å². The van der Waals surface area contributed by atoms with Gasteiger partial charge in [0.05, 0.1) is 5.69 Å². The highest BCUT2D eigenvalue weighted by molar-refractivity contribution is 5.96. The van der Waals surface area contributed by atoms with Gasteiger partial charge in [-0.1, -0.05) is 13.8 Å². The first-order valence-electron chi connectivity index (χ1n) is 8.29. The van der Waals surface area contributed by atoms with Crippen molar-refractivity contribution in [3.63, 3.8) is 0 Å². The molecule has 0 saturated heterocycles. The quantitative estimate of drug-likeness (QED) is 0.871. The summed E-state index contributed by atoms with van der Waals surface area (Å²) in [6.45, 7) is 3.47. The topological polar surface area (TPSA) is 84.2 Å². The standard InChI is InChI=1S/C18H20FN3O3/c1-10(2)15(18(24)25)20-17(23)16-13-4-3-5-14(13)22(21-16)12-8-6-11(19)7-9-12/h6-10,15H,3-5H2,1-2H3,(H,20,23)(H,24,25)/t15-/m1/s1. The van der Waals surface area contributed by atoms with Crippen LogP contribution >= 0.6 is 0 Å². The molecule has 132 valence electrons. The molecule has 25 heavy (non-hydrogen) atoms. The van der Waals surface area contributed by atoms with Gasteiger partial charge in [0.2, 0.25) is 0 Å². The fourth-order valence-corrected chi connectivity index (χ4v) is 3.14. The van der Waals surface area contributed by atoms with E-state index in [0.717, 1.165) is 30.5 Å². The lowest BCUT2D eigenvalue weighted by Crippen LogP contribution is -2.44. The summed E-state index contributed by atoms with van der Waals surface area (Å²) in [6, 6.07) is 4.93. The second-order valence-corrected chi connectivity index (χ2v) is 6.55. The molecule has 1 heterocycles.